The molecule has 0 radical (unpaired) electrons. The van der Waals surface area contributed by atoms with Gasteiger partial charge in [0.05, 0.1) is 12.0 Å². The number of allylic oxidation sites excluding steroid dienone is 1. The zero-order chi connectivity index (χ0) is 22.5. The number of pyridine rings is 1. The lowest BCUT2D eigenvalue weighted by Gasteiger charge is -2.26. The van der Waals surface area contributed by atoms with E-state index in [4.69, 9.17) is 9.47 Å². The number of nitrogens with one attached hydrogen (secondary N) is 1. The minimum absolute atomic E-state index is 0.0276. The zero-order valence-corrected chi connectivity index (χ0v) is 17.3. The van der Waals surface area contributed by atoms with Crippen LogP contribution in [0.2, 0.25) is 0 Å². The van der Waals surface area contributed by atoms with Crippen LogP contribution in [0.5, 0.6) is 11.5 Å². The number of esters is 1. The summed E-state index contributed by atoms with van der Waals surface area (Å²) in [6.07, 6.45) is 1.65. The molecule has 0 fully saturated rings. The lowest BCUT2D eigenvalue weighted by molar-refractivity contribution is -0.135. The zero-order valence-electron chi connectivity index (χ0n) is 17.3. The van der Waals surface area contributed by atoms with Crippen LogP contribution < -0.4 is 15.0 Å². The van der Waals surface area contributed by atoms with Crippen molar-refractivity contribution >= 4 is 28.7 Å². The van der Waals surface area contributed by atoms with E-state index in [0.717, 1.165) is 10.9 Å². The lowest BCUT2D eigenvalue weighted by Crippen LogP contribution is -2.26. The Morgan fingerprint density at radius 3 is 2.52 bits per heavy atom. The molecule has 160 valence electrons. The molecule has 1 N–H and O–H groups in total. The van der Waals surface area contributed by atoms with Crippen molar-refractivity contribution in [3.63, 3.8) is 0 Å². The Morgan fingerprint density at radius 1 is 0.879 bits per heavy atom. The van der Waals surface area contributed by atoms with Gasteiger partial charge in [-0.15, -0.1) is 0 Å². The average Bonchev–Trinajstić information content (AvgIpc) is 3.13. The smallest absolute Gasteiger partial charge is 0.312 e. The van der Waals surface area contributed by atoms with E-state index < -0.39 is 11.9 Å². The van der Waals surface area contributed by atoms with Gasteiger partial charge in [0.1, 0.15) is 11.5 Å². The van der Waals surface area contributed by atoms with Crippen LogP contribution in [0.4, 0.5) is 0 Å². The maximum absolute atomic E-state index is 13.1. The highest BCUT2D eigenvalue weighted by Gasteiger charge is 2.39. The molecule has 3 heterocycles. The summed E-state index contributed by atoms with van der Waals surface area (Å²) < 4.78 is 11.5. The summed E-state index contributed by atoms with van der Waals surface area (Å²) in [6.45, 7) is 0. The Labute approximate surface area is 188 Å². The monoisotopic (exact) mass is 435 g/mol. The third-order valence-electron chi connectivity index (χ3n) is 6.03. The number of hydrogen-bond acceptors (Lipinski definition) is 5. The van der Waals surface area contributed by atoms with Gasteiger partial charge in [0.15, 0.2) is 5.76 Å². The van der Waals surface area contributed by atoms with Crippen LogP contribution in [0, 0.1) is 0 Å². The number of Topliss-reactive ketones (excluding diaryl/α,β-unsaturated/α-hetero) is 1. The molecule has 6 nitrogen and oxygen atoms in total. The minimum atomic E-state index is -0.603. The number of carbonyl (C=O) groups excluding carboxylic acids is 2. The van der Waals surface area contributed by atoms with Crippen molar-refractivity contribution in [2.24, 2.45) is 0 Å². The van der Waals surface area contributed by atoms with E-state index >= 15 is 0 Å². The van der Waals surface area contributed by atoms with Crippen molar-refractivity contribution in [3.8, 4) is 11.5 Å². The van der Waals surface area contributed by atoms with Crippen molar-refractivity contribution in [1.29, 1.82) is 0 Å². The SMILES string of the molecule is O=C1CC(c2cc3ccccc3[nH]c2=O)c2c(ccc3c2O/C(=C/c2ccccc2)C3=O)O1. The topological polar surface area (TPSA) is 85.5 Å². The summed E-state index contributed by atoms with van der Waals surface area (Å²) in [7, 11) is 0. The molecule has 6 rings (SSSR count). The number of aromatic nitrogens is 1. The third-order valence-corrected chi connectivity index (χ3v) is 6.03. The van der Waals surface area contributed by atoms with Gasteiger partial charge in [0.2, 0.25) is 5.78 Å². The standard InChI is InChI=1S/C27H17NO5/c29-23-14-18(19-13-16-8-4-5-9-20(16)28-27(19)31)24-21(32-23)11-10-17-25(30)22(33-26(17)24)12-15-6-2-1-3-7-15/h1-13,18H,14H2,(H,28,31)/b22-12+. The van der Waals surface area contributed by atoms with Gasteiger partial charge in [0.25, 0.3) is 5.56 Å². The van der Waals surface area contributed by atoms with Gasteiger partial charge in [-0.25, -0.2) is 0 Å². The van der Waals surface area contributed by atoms with Crippen molar-refractivity contribution in [2.75, 3.05) is 0 Å². The van der Waals surface area contributed by atoms with Gasteiger partial charge in [-0.3, -0.25) is 14.4 Å². The van der Waals surface area contributed by atoms with Crippen LogP contribution in [0.25, 0.3) is 17.0 Å². The molecule has 0 saturated heterocycles. The van der Waals surface area contributed by atoms with E-state index in [9.17, 15) is 14.4 Å². The van der Waals surface area contributed by atoms with E-state index in [2.05, 4.69) is 4.98 Å². The minimum Gasteiger partial charge on any atom is -0.452 e. The van der Waals surface area contributed by atoms with Crippen molar-refractivity contribution in [3.05, 3.63) is 111 Å². The van der Waals surface area contributed by atoms with Crippen LogP contribution >= 0.6 is 0 Å². The molecular formula is C27H17NO5. The van der Waals surface area contributed by atoms with Crippen LogP contribution in [0.3, 0.4) is 0 Å². The van der Waals surface area contributed by atoms with E-state index in [1.54, 1.807) is 24.3 Å². The predicted molar refractivity (Wildman–Crippen MR) is 122 cm³/mol. The molecule has 1 aromatic heterocycles. The van der Waals surface area contributed by atoms with Crippen LogP contribution in [0.15, 0.2) is 83.4 Å². The number of ether oxygens (including phenoxy) is 2. The number of hydrogen-bond donors (Lipinski definition) is 1. The maximum Gasteiger partial charge on any atom is 0.312 e. The Kier molecular flexibility index (Phi) is 4.26. The molecule has 2 aliphatic heterocycles. The number of fused-ring (bicyclic) bond motifs is 4. The summed E-state index contributed by atoms with van der Waals surface area (Å²) >= 11 is 0. The molecule has 0 bridgehead atoms. The second kappa shape index (κ2) is 7.31. The van der Waals surface area contributed by atoms with E-state index in [0.29, 0.717) is 33.7 Å². The summed E-state index contributed by atoms with van der Waals surface area (Å²) in [6, 6.07) is 21.8. The molecule has 2 aliphatic rings. The molecule has 1 atom stereocenters. The van der Waals surface area contributed by atoms with Crippen molar-refractivity contribution in [1.82, 2.24) is 4.98 Å². The Bertz CT molecular complexity index is 1550. The number of rotatable bonds is 2. The normalized spacial score (nSPS) is 18.1. The van der Waals surface area contributed by atoms with Gasteiger partial charge < -0.3 is 14.5 Å². The molecule has 3 aromatic carbocycles. The first-order valence-corrected chi connectivity index (χ1v) is 10.6. The first-order chi connectivity index (χ1) is 16.1. The van der Waals surface area contributed by atoms with E-state index in [1.807, 2.05) is 54.6 Å². The highest BCUT2D eigenvalue weighted by Crippen LogP contribution is 2.48. The van der Waals surface area contributed by atoms with Gasteiger partial charge in [0, 0.05) is 22.6 Å². The molecule has 6 heteroatoms. The van der Waals surface area contributed by atoms with Gasteiger partial charge >= 0.3 is 5.97 Å². The summed E-state index contributed by atoms with van der Waals surface area (Å²) in [4.78, 5) is 41.4. The van der Waals surface area contributed by atoms with Crippen LogP contribution in [0.1, 0.15) is 39.4 Å². The summed E-state index contributed by atoms with van der Waals surface area (Å²) in [5, 5.41) is 0.849. The predicted octanol–water partition coefficient (Wildman–Crippen LogP) is 4.59. The number of benzene rings is 3. The first-order valence-electron chi connectivity index (χ1n) is 10.6. The van der Waals surface area contributed by atoms with E-state index in [-0.39, 0.29) is 23.5 Å². The molecule has 4 aromatic rings. The highest BCUT2D eigenvalue weighted by atomic mass is 16.5. The Hall–Kier alpha value is -4.45. The Morgan fingerprint density at radius 2 is 1.67 bits per heavy atom. The van der Waals surface area contributed by atoms with Crippen molar-refractivity contribution in [2.45, 2.75) is 12.3 Å². The van der Waals surface area contributed by atoms with Gasteiger partial charge in [-0.2, -0.15) is 0 Å². The molecule has 1 unspecified atom stereocenters. The second-order valence-electron chi connectivity index (χ2n) is 8.08. The largest absolute Gasteiger partial charge is 0.452 e. The first kappa shape index (κ1) is 19.3. The second-order valence-corrected chi connectivity index (χ2v) is 8.08. The number of para-hydroxylation sites is 1. The van der Waals surface area contributed by atoms with Crippen LogP contribution in [-0.2, 0) is 4.79 Å². The number of H-pyrrole nitrogens is 1. The number of carbonyl (C=O) groups is 2. The molecule has 33 heavy (non-hydrogen) atoms. The molecule has 0 spiro atoms. The molecule has 0 saturated carbocycles. The van der Waals surface area contributed by atoms with E-state index in [1.165, 1.54) is 0 Å². The fourth-order valence-electron chi connectivity index (χ4n) is 4.50. The highest BCUT2D eigenvalue weighted by molar-refractivity contribution is 6.15. The maximum atomic E-state index is 13.1. The fraction of sp³-hybridized carbons (Fsp3) is 0.0741. The summed E-state index contributed by atoms with van der Waals surface area (Å²) in [5.74, 6) is -0.466. The molecular weight excluding hydrogens is 418 g/mol. The number of aromatic amines is 1. The molecule has 0 amide bonds. The quantitative estimate of drug-likeness (QED) is 0.283. The van der Waals surface area contributed by atoms with Gasteiger partial charge in [-0.05, 0) is 41.3 Å². The lowest BCUT2D eigenvalue weighted by atomic mass is 9.85. The number of ketones is 1. The Balaban J connectivity index is 1.52. The fourth-order valence-corrected chi connectivity index (χ4v) is 4.50. The molecule has 0 aliphatic carbocycles. The van der Waals surface area contributed by atoms with Gasteiger partial charge in [-0.1, -0.05) is 48.5 Å². The van der Waals surface area contributed by atoms with Crippen molar-refractivity contribution < 1.29 is 19.1 Å². The average molecular weight is 435 g/mol. The third kappa shape index (κ3) is 3.15. The van der Waals surface area contributed by atoms with Crippen LogP contribution in [-0.4, -0.2) is 16.7 Å². The summed E-state index contributed by atoms with van der Waals surface area (Å²) in [5.41, 5.74) is 2.60.